The summed E-state index contributed by atoms with van der Waals surface area (Å²) in [4.78, 5) is 127. The molecule has 2 aromatic heterocycles. The summed E-state index contributed by atoms with van der Waals surface area (Å²) in [6, 6.07) is 5.03. The maximum atomic E-state index is 14.7. The fraction of sp³-hybridized carbons (Fsp3) is 0.581. The van der Waals surface area contributed by atoms with Crippen LogP contribution in [0, 0.1) is 17.3 Å². The Balaban J connectivity index is 1.80. The zero-order valence-electron chi connectivity index (χ0n) is 36.8. The number of fused-ring (bicyclic) bond motifs is 5. The molecule has 4 heterocycles. The number of nitrogens with zero attached hydrogens (tertiary/aromatic N) is 2. The standard InChI is InChI=1S/C43H50N2O19/c1-19-20(2)37(52)63-34-32(62-38(53)26-13-14-28(51)45(10)16-26)36(61-25(7)50)42(18-56-21(3)46)35(60-24(6)49)31(58-22(4)47)29-33(59-23(5)48)43(42,41(34,9)55)64-40(29,8)17-57-39(54)27-12-11-15-44-30(19)27/h11-16,19-20,29,31-36,55H,17-18H2,1-10H3/t19-,20+,29-,31-,32+,33-,34+,35-,36+,40+,41+,42-,43+/m1/s1. The number of aliphatic hydroxyl groups is 1. The molecular weight excluding hydrogens is 848 g/mol. The number of aryl methyl sites for hydroxylation is 1. The van der Waals surface area contributed by atoms with E-state index in [1.54, 1.807) is 6.92 Å². The molecule has 0 aromatic carbocycles. The van der Waals surface area contributed by atoms with Gasteiger partial charge in [-0.15, -0.1) is 0 Å². The van der Waals surface area contributed by atoms with Crippen molar-refractivity contribution in [1.82, 2.24) is 9.55 Å². The number of esters is 8. The molecule has 0 unspecified atom stereocenters. The van der Waals surface area contributed by atoms with Gasteiger partial charge in [-0.3, -0.25) is 38.5 Å². The van der Waals surface area contributed by atoms with Crippen molar-refractivity contribution in [3.05, 3.63) is 63.8 Å². The van der Waals surface area contributed by atoms with Gasteiger partial charge < -0.3 is 52.3 Å². The molecule has 1 saturated heterocycles. The number of hydrogen-bond acceptors (Lipinski definition) is 20. The number of hydrogen-bond donors (Lipinski definition) is 1. The van der Waals surface area contributed by atoms with Crippen LogP contribution >= 0.6 is 0 Å². The van der Waals surface area contributed by atoms with Crippen LogP contribution in [0.25, 0.3) is 0 Å². The highest BCUT2D eigenvalue weighted by atomic mass is 16.7. The van der Waals surface area contributed by atoms with Crippen LogP contribution in [0.3, 0.4) is 0 Å². The maximum absolute atomic E-state index is 14.7. The van der Waals surface area contributed by atoms with Crippen molar-refractivity contribution in [2.75, 3.05) is 13.2 Å². The van der Waals surface area contributed by atoms with Crippen LogP contribution in [0.4, 0.5) is 0 Å². The fourth-order valence-corrected chi connectivity index (χ4v) is 9.96. The molecule has 0 amide bonds. The van der Waals surface area contributed by atoms with Gasteiger partial charge in [0.2, 0.25) is 5.56 Å². The number of pyridine rings is 2. The Morgan fingerprint density at radius 2 is 1.39 bits per heavy atom. The zero-order valence-corrected chi connectivity index (χ0v) is 36.8. The third kappa shape index (κ3) is 7.66. The normalized spacial score (nSPS) is 35.3. The predicted molar refractivity (Wildman–Crippen MR) is 210 cm³/mol. The average Bonchev–Trinajstić information content (AvgIpc) is 3.42. The molecule has 4 bridgehead atoms. The van der Waals surface area contributed by atoms with Crippen LogP contribution in [0.15, 0.2) is 41.5 Å². The van der Waals surface area contributed by atoms with Crippen LogP contribution in [-0.4, -0.2) is 129 Å². The highest BCUT2D eigenvalue weighted by Crippen LogP contribution is 2.70. The van der Waals surface area contributed by atoms with Crippen LogP contribution in [-0.2, 0) is 78.4 Å². The van der Waals surface area contributed by atoms with E-state index in [1.165, 1.54) is 39.2 Å². The van der Waals surface area contributed by atoms with Crippen LogP contribution in [0.1, 0.15) is 94.6 Å². The Labute approximate surface area is 365 Å². The molecule has 1 spiro atoms. The Hall–Kier alpha value is -6.22. The molecule has 346 valence electrons. The van der Waals surface area contributed by atoms with E-state index >= 15 is 0 Å². The van der Waals surface area contributed by atoms with E-state index in [1.807, 2.05) is 0 Å². The van der Waals surface area contributed by atoms with Crippen LogP contribution in [0.5, 0.6) is 0 Å². The summed E-state index contributed by atoms with van der Waals surface area (Å²) in [5, 5.41) is 13.7. The first-order valence-electron chi connectivity index (χ1n) is 20.3. The third-order valence-electron chi connectivity index (χ3n) is 12.7. The van der Waals surface area contributed by atoms with Gasteiger partial charge in [-0.1, -0.05) is 13.8 Å². The minimum absolute atomic E-state index is 0.0734. The van der Waals surface area contributed by atoms with Gasteiger partial charge in [0.05, 0.1) is 28.7 Å². The van der Waals surface area contributed by atoms with Gasteiger partial charge in [0.1, 0.15) is 42.0 Å². The molecule has 3 fully saturated rings. The zero-order chi connectivity index (χ0) is 47.4. The second-order valence-corrected chi connectivity index (χ2v) is 17.0. The van der Waals surface area contributed by atoms with Gasteiger partial charge in [-0.05, 0) is 32.0 Å². The summed E-state index contributed by atoms with van der Waals surface area (Å²) in [6.45, 7) is 8.38. The number of cyclic esters (lactones) is 1. The fourth-order valence-electron chi connectivity index (χ4n) is 9.96. The molecule has 4 aliphatic rings. The molecule has 21 heteroatoms. The van der Waals surface area contributed by atoms with Gasteiger partial charge in [-0.25, -0.2) is 9.59 Å². The minimum atomic E-state index is -2.93. The average molecular weight is 899 g/mol. The first-order valence-corrected chi connectivity index (χ1v) is 20.3. The summed E-state index contributed by atoms with van der Waals surface area (Å²) in [7, 11) is 1.34. The Morgan fingerprint density at radius 3 is 1.97 bits per heavy atom. The minimum Gasteiger partial charge on any atom is -0.465 e. The lowest BCUT2D eigenvalue weighted by molar-refractivity contribution is -0.386. The Bertz CT molecular complexity index is 2340. The summed E-state index contributed by atoms with van der Waals surface area (Å²) < 4.78 is 56.3. The first-order chi connectivity index (χ1) is 29.8. The van der Waals surface area contributed by atoms with Gasteiger partial charge in [0, 0.05) is 66.0 Å². The van der Waals surface area contributed by atoms with Gasteiger partial charge in [0.25, 0.3) is 0 Å². The predicted octanol–water partition coefficient (Wildman–Crippen LogP) is 1.03. The Kier molecular flexibility index (Phi) is 12.6. The molecular formula is C43H50N2O19. The molecule has 2 aliphatic carbocycles. The summed E-state index contributed by atoms with van der Waals surface area (Å²) in [5.74, 6) is -12.3. The number of carbonyl (C=O) groups excluding carboxylic acids is 8. The summed E-state index contributed by atoms with van der Waals surface area (Å²) in [5.41, 5.74) is -11.3. The van der Waals surface area contributed by atoms with Crippen LogP contribution in [0.2, 0.25) is 0 Å². The lowest BCUT2D eigenvalue weighted by Gasteiger charge is -2.67. The molecule has 2 aliphatic heterocycles. The summed E-state index contributed by atoms with van der Waals surface area (Å²) >= 11 is 0. The number of ether oxygens (including phenoxy) is 9. The van der Waals surface area contributed by atoms with E-state index in [-0.39, 0.29) is 16.8 Å². The molecule has 0 radical (unpaired) electrons. The van der Waals surface area contributed by atoms with Gasteiger partial charge in [0.15, 0.2) is 30.0 Å². The van der Waals surface area contributed by atoms with Gasteiger partial charge in [-0.2, -0.15) is 0 Å². The largest absolute Gasteiger partial charge is 0.465 e. The van der Waals surface area contributed by atoms with Crippen molar-refractivity contribution in [2.24, 2.45) is 24.3 Å². The van der Waals surface area contributed by atoms with Crippen molar-refractivity contribution >= 4 is 47.8 Å². The highest BCUT2D eigenvalue weighted by Gasteiger charge is 2.92. The molecule has 64 heavy (non-hydrogen) atoms. The van der Waals surface area contributed by atoms with Crippen molar-refractivity contribution in [1.29, 1.82) is 0 Å². The topological polar surface area (TPSA) is 275 Å². The van der Waals surface area contributed by atoms with E-state index in [0.717, 1.165) is 64.4 Å². The Morgan fingerprint density at radius 1 is 0.797 bits per heavy atom. The summed E-state index contributed by atoms with van der Waals surface area (Å²) in [6.07, 6.45) is -10.1. The monoisotopic (exact) mass is 898 g/mol. The molecule has 13 atom stereocenters. The van der Waals surface area contributed by atoms with E-state index < -0.39 is 143 Å². The van der Waals surface area contributed by atoms with E-state index in [9.17, 15) is 48.3 Å². The second kappa shape index (κ2) is 17.1. The van der Waals surface area contributed by atoms with E-state index in [0.29, 0.717) is 0 Å². The first kappa shape index (κ1) is 47.3. The quantitative estimate of drug-likeness (QED) is 0.286. The lowest BCUT2D eigenvalue weighted by atomic mass is 9.45. The highest BCUT2D eigenvalue weighted by molar-refractivity contribution is 5.91. The number of rotatable bonds is 8. The number of aromatic nitrogens is 2. The molecule has 6 rings (SSSR count). The van der Waals surface area contributed by atoms with Crippen molar-refractivity contribution < 1.29 is 86.1 Å². The lowest BCUT2D eigenvalue weighted by Crippen LogP contribution is -2.89. The third-order valence-corrected chi connectivity index (χ3v) is 12.7. The van der Waals surface area contributed by atoms with Crippen molar-refractivity contribution in [3.8, 4) is 0 Å². The van der Waals surface area contributed by atoms with Crippen molar-refractivity contribution in [3.63, 3.8) is 0 Å². The SMILES string of the molecule is CC(=O)OC[C@]12[C@H](OC(C)=O)[C@H](OC(C)=O)[C@@H]3[C@@H](OC(C)=O)[C@@]14O[C@@]3(C)COC(=O)c1cccnc1[C@H](C)[C@H](C)C(=O)O[C@@H]([C@H](OC(=O)c1ccc(=O)n(C)c1)[C@@H]2OC(C)=O)[C@]4(C)O. The van der Waals surface area contributed by atoms with Crippen molar-refractivity contribution in [2.45, 2.75) is 122 Å². The molecule has 21 nitrogen and oxygen atoms in total. The van der Waals surface area contributed by atoms with E-state index in [2.05, 4.69) is 4.98 Å². The smallest absolute Gasteiger partial charge is 0.340 e. The number of carbonyl (C=O) groups is 8. The molecule has 2 aromatic rings. The van der Waals surface area contributed by atoms with E-state index in [4.69, 9.17) is 42.6 Å². The maximum Gasteiger partial charge on any atom is 0.340 e. The molecule has 1 N–H and O–H groups in total. The molecule has 2 saturated carbocycles. The van der Waals surface area contributed by atoms with Gasteiger partial charge >= 0.3 is 47.8 Å². The second-order valence-electron chi connectivity index (χ2n) is 17.0. The van der Waals surface area contributed by atoms with Crippen LogP contribution < -0.4 is 5.56 Å².